The van der Waals surface area contributed by atoms with Crippen LogP contribution in [0.4, 0.5) is 11.4 Å². The number of rotatable bonds is 4. The van der Waals surface area contributed by atoms with Gasteiger partial charge in [0.25, 0.3) is 11.8 Å². The number of hydrogen-bond acceptors (Lipinski definition) is 3. The van der Waals surface area contributed by atoms with Crippen molar-refractivity contribution >= 4 is 29.1 Å². The molecule has 2 heterocycles. The molecule has 3 amide bonds. The highest BCUT2D eigenvalue weighted by molar-refractivity contribution is 6.18. The van der Waals surface area contributed by atoms with Crippen molar-refractivity contribution in [3.8, 4) is 0 Å². The summed E-state index contributed by atoms with van der Waals surface area (Å²) in [6, 6.07) is 16.1. The highest BCUT2D eigenvalue weighted by Gasteiger charge is 2.60. The third-order valence-corrected chi connectivity index (χ3v) is 5.22. The zero-order valence-corrected chi connectivity index (χ0v) is 15.1. The number of benzene rings is 2. The van der Waals surface area contributed by atoms with Crippen LogP contribution in [0.1, 0.15) is 36.5 Å². The van der Waals surface area contributed by atoms with Gasteiger partial charge in [-0.1, -0.05) is 37.3 Å². The van der Waals surface area contributed by atoms with Crippen LogP contribution < -0.4 is 10.2 Å². The molecule has 1 saturated heterocycles. The van der Waals surface area contributed by atoms with E-state index < -0.39 is 5.66 Å². The van der Waals surface area contributed by atoms with Gasteiger partial charge in [0.1, 0.15) is 0 Å². The maximum absolute atomic E-state index is 13.5. The Labute approximate surface area is 157 Å². The van der Waals surface area contributed by atoms with Crippen molar-refractivity contribution in [2.75, 3.05) is 16.8 Å². The quantitative estimate of drug-likeness (QED) is 0.908. The van der Waals surface area contributed by atoms with Gasteiger partial charge < -0.3 is 10.2 Å². The topological polar surface area (TPSA) is 69.7 Å². The lowest BCUT2D eigenvalue weighted by atomic mass is 9.95. The Hall–Kier alpha value is -3.15. The van der Waals surface area contributed by atoms with E-state index in [9.17, 15) is 14.4 Å². The average molecular weight is 363 g/mol. The maximum Gasteiger partial charge on any atom is 0.271 e. The van der Waals surface area contributed by atoms with Crippen molar-refractivity contribution in [1.82, 2.24) is 4.90 Å². The van der Waals surface area contributed by atoms with Crippen LogP contribution in [-0.2, 0) is 9.59 Å². The van der Waals surface area contributed by atoms with Gasteiger partial charge in [-0.2, -0.15) is 0 Å². The van der Waals surface area contributed by atoms with Crippen LogP contribution in [0.3, 0.4) is 0 Å². The monoisotopic (exact) mass is 363 g/mol. The molecule has 2 aliphatic heterocycles. The molecular weight excluding hydrogens is 342 g/mol. The molecule has 0 spiro atoms. The summed E-state index contributed by atoms with van der Waals surface area (Å²) in [5, 5.41) is 2.91. The zero-order chi connectivity index (χ0) is 19.0. The summed E-state index contributed by atoms with van der Waals surface area (Å²) in [6.45, 7) is 2.36. The number of amides is 3. The molecule has 2 aromatic rings. The number of hydrogen-bond donors (Lipinski definition) is 1. The fraction of sp³-hybridized carbons (Fsp3) is 0.286. The van der Waals surface area contributed by atoms with Crippen LogP contribution in [0.15, 0.2) is 54.6 Å². The molecular formula is C21H21N3O3. The van der Waals surface area contributed by atoms with E-state index in [-0.39, 0.29) is 30.6 Å². The molecule has 1 unspecified atom stereocenters. The van der Waals surface area contributed by atoms with Crippen molar-refractivity contribution < 1.29 is 14.4 Å². The van der Waals surface area contributed by atoms with Crippen LogP contribution in [0.2, 0.25) is 0 Å². The van der Waals surface area contributed by atoms with E-state index in [1.807, 2.05) is 25.1 Å². The molecule has 0 radical (unpaired) electrons. The minimum Gasteiger partial charge on any atom is -0.322 e. The second kappa shape index (κ2) is 6.54. The molecule has 4 rings (SSSR count). The second-order valence-corrected chi connectivity index (χ2v) is 6.84. The highest BCUT2D eigenvalue weighted by Crippen LogP contribution is 2.45. The summed E-state index contributed by atoms with van der Waals surface area (Å²) < 4.78 is 0. The molecule has 1 atom stereocenters. The molecule has 1 N–H and O–H groups in total. The Balaban J connectivity index is 1.85. The maximum atomic E-state index is 13.5. The van der Waals surface area contributed by atoms with E-state index in [1.54, 1.807) is 41.3 Å². The first-order chi connectivity index (χ1) is 13.1. The van der Waals surface area contributed by atoms with Gasteiger partial charge in [-0.25, -0.2) is 0 Å². The highest BCUT2D eigenvalue weighted by atomic mass is 16.2. The number of anilines is 2. The molecule has 0 saturated carbocycles. The lowest BCUT2D eigenvalue weighted by Gasteiger charge is -2.49. The van der Waals surface area contributed by atoms with Gasteiger partial charge in [-0.15, -0.1) is 0 Å². The van der Waals surface area contributed by atoms with Crippen molar-refractivity contribution in [2.45, 2.75) is 31.8 Å². The van der Waals surface area contributed by atoms with Gasteiger partial charge in [0.05, 0.1) is 11.3 Å². The van der Waals surface area contributed by atoms with Gasteiger partial charge >= 0.3 is 0 Å². The second-order valence-electron chi connectivity index (χ2n) is 6.84. The average Bonchev–Trinajstić information content (AvgIpc) is 3.04. The fourth-order valence-corrected chi connectivity index (χ4v) is 4.06. The lowest BCUT2D eigenvalue weighted by Crippen LogP contribution is -2.69. The number of fused-ring (bicyclic) bond motifs is 3. The third-order valence-electron chi connectivity index (χ3n) is 5.22. The Morgan fingerprint density at radius 3 is 2.52 bits per heavy atom. The Morgan fingerprint density at radius 2 is 1.78 bits per heavy atom. The van der Waals surface area contributed by atoms with Gasteiger partial charge in [0.2, 0.25) is 11.6 Å². The third kappa shape index (κ3) is 2.51. The van der Waals surface area contributed by atoms with Gasteiger partial charge in [0.15, 0.2) is 0 Å². The zero-order valence-electron chi connectivity index (χ0n) is 15.1. The van der Waals surface area contributed by atoms with E-state index in [1.165, 1.54) is 4.90 Å². The number of nitrogens with zero attached hydrogens (tertiary/aromatic N) is 2. The molecule has 6 heteroatoms. The Morgan fingerprint density at radius 1 is 1.07 bits per heavy atom. The van der Waals surface area contributed by atoms with Crippen molar-refractivity contribution in [2.24, 2.45) is 0 Å². The van der Waals surface area contributed by atoms with E-state index in [0.717, 1.165) is 0 Å². The normalized spacial score (nSPS) is 21.1. The molecule has 2 aliphatic rings. The van der Waals surface area contributed by atoms with E-state index in [4.69, 9.17) is 0 Å². The number of nitrogens with one attached hydrogen (secondary N) is 1. The van der Waals surface area contributed by atoms with E-state index >= 15 is 0 Å². The van der Waals surface area contributed by atoms with Crippen molar-refractivity contribution in [3.63, 3.8) is 0 Å². The first kappa shape index (κ1) is 17.3. The molecule has 0 aliphatic carbocycles. The fourth-order valence-electron chi connectivity index (χ4n) is 4.06. The predicted molar refractivity (Wildman–Crippen MR) is 102 cm³/mol. The Bertz CT molecular complexity index is 912. The van der Waals surface area contributed by atoms with Gasteiger partial charge in [-0.05, 0) is 30.7 Å². The van der Waals surface area contributed by atoms with Gasteiger partial charge in [-0.3, -0.25) is 19.3 Å². The standard InChI is InChI=1S/C21H21N3O3/c1-2-14-23-19(26)16-10-6-7-11-17(16)24-18(25)12-13-21(23,24)20(27)22-15-8-4-3-5-9-15/h3-11H,2,12-14H2,1H3,(H,22,27). The number of carbonyl (C=O) groups is 3. The summed E-state index contributed by atoms with van der Waals surface area (Å²) in [6.07, 6.45) is 1.20. The molecule has 138 valence electrons. The molecule has 2 aromatic carbocycles. The molecule has 1 fully saturated rings. The lowest BCUT2D eigenvalue weighted by molar-refractivity contribution is -0.128. The van der Waals surface area contributed by atoms with Crippen molar-refractivity contribution in [1.29, 1.82) is 0 Å². The predicted octanol–water partition coefficient (Wildman–Crippen LogP) is 3.01. The molecule has 27 heavy (non-hydrogen) atoms. The Kier molecular flexibility index (Phi) is 4.18. The molecule has 6 nitrogen and oxygen atoms in total. The van der Waals surface area contributed by atoms with Crippen LogP contribution >= 0.6 is 0 Å². The number of para-hydroxylation sites is 2. The molecule has 0 bridgehead atoms. The summed E-state index contributed by atoms with van der Waals surface area (Å²) in [5.74, 6) is -0.697. The van der Waals surface area contributed by atoms with Crippen LogP contribution in [0.25, 0.3) is 0 Å². The van der Waals surface area contributed by atoms with Crippen LogP contribution in [0, 0.1) is 0 Å². The van der Waals surface area contributed by atoms with Gasteiger partial charge in [0, 0.05) is 25.1 Å². The summed E-state index contributed by atoms with van der Waals surface area (Å²) in [7, 11) is 0. The number of carbonyl (C=O) groups excluding carboxylic acids is 3. The minimum absolute atomic E-state index is 0.140. The summed E-state index contributed by atoms with van der Waals surface area (Å²) >= 11 is 0. The molecule has 0 aromatic heterocycles. The first-order valence-corrected chi connectivity index (χ1v) is 9.20. The van der Waals surface area contributed by atoms with Crippen molar-refractivity contribution in [3.05, 3.63) is 60.2 Å². The first-order valence-electron chi connectivity index (χ1n) is 9.20. The van der Waals surface area contributed by atoms with E-state index in [2.05, 4.69) is 5.32 Å². The van der Waals surface area contributed by atoms with Crippen LogP contribution in [-0.4, -0.2) is 34.8 Å². The smallest absolute Gasteiger partial charge is 0.271 e. The van der Waals surface area contributed by atoms with Crippen LogP contribution in [0.5, 0.6) is 0 Å². The van der Waals surface area contributed by atoms with E-state index in [0.29, 0.717) is 29.9 Å². The summed E-state index contributed by atoms with van der Waals surface area (Å²) in [4.78, 5) is 42.6. The largest absolute Gasteiger partial charge is 0.322 e. The SMILES string of the molecule is CCCN1C(=O)c2ccccc2N2C(=O)CCC12C(=O)Nc1ccccc1. The summed E-state index contributed by atoms with van der Waals surface area (Å²) in [5.41, 5.74) is 0.290. The minimum atomic E-state index is -1.33.